The maximum absolute atomic E-state index is 8.89. The van der Waals surface area contributed by atoms with Crippen LogP contribution in [-0.4, -0.2) is 26.2 Å². The molecular weight excluding hydrogens is 338 g/mol. The Hall–Kier alpha value is -3.14. The van der Waals surface area contributed by atoms with E-state index >= 15 is 0 Å². The number of rotatable bonds is 5. The average molecular weight is 361 g/mol. The van der Waals surface area contributed by atoms with Crippen molar-refractivity contribution in [3.05, 3.63) is 36.2 Å². The fraction of sp³-hybridized carbons (Fsp3) is 0.400. The zero-order chi connectivity index (χ0) is 18.6. The second kappa shape index (κ2) is 7.62. The SMILES string of the molecule is Cc1cc(Nc2cc3ncccc3c(N[C@H]3CC[C@H](CC#N)CC3)n2)n[nH]1. The molecule has 1 aliphatic carbocycles. The fourth-order valence-electron chi connectivity index (χ4n) is 3.70. The van der Waals surface area contributed by atoms with Crippen LogP contribution in [0.5, 0.6) is 0 Å². The first-order valence-corrected chi connectivity index (χ1v) is 9.39. The van der Waals surface area contributed by atoms with E-state index < -0.39 is 0 Å². The van der Waals surface area contributed by atoms with Gasteiger partial charge < -0.3 is 10.6 Å². The largest absolute Gasteiger partial charge is 0.367 e. The van der Waals surface area contributed by atoms with E-state index in [0.717, 1.165) is 53.9 Å². The third kappa shape index (κ3) is 4.00. The molecule has 138 valence electrons. The summed E-state index contributed by atoms with van der Waals surface area (Å²) in [6, 6.07) is 10.5. The summed E-state index contributed by atoms with van der Waals surface area (Å²) in [5.41, 5.74) is 1.88. The Balaban J connectivity index is 1.56. The van der Waals surface area contributed by atoms with Gasteiger partial charge in [-0.05, 0) is 50.7 Å². The number of aryl methyl sites for hydroxylation is 1. The standard InChI is InChI=1S/C20H23N7/c1-13-11-19(27-26-13)24-18-12-17-16(3-2-10-22-17)20(25-18)23-15-6-4-14(5-7-15)8-9-21/h2-3,10-12,14-15H,4-8H2,1H3,(H3,23,24,25,26,27)/t14-,15-. The van der Waals surface area contributed by atoms with Crippen LogP contribution in [0.3, 0.4) is 0 Å². The molecular formula is C20H23N7. The molecule has 1 fully saturated rings. The molecule has 0 aromatic carbocycles. The molecule has 3 heterocycles. The molecule has 0 bridgehead atoms. The third-order valence-electron chi connectivity index (χ3n) is 5.13. The monoisotopic (exact) mass is 361 g/mol. The van der Waals surface area contributed by atoms with Crippen molar-refractivity contribution in [1.29, 1.82) is 5.26 Å². The predicted octanol–water partition coefficient (Wildman–Crippen LogP) is 4.29. The highest BCUT2D eigenvalue weighted by Gasteiger charge is 2.22. The van der Waals surface area contributed by atoms with Gasteiger partial charge in [0.05, 0.1) is 11.6 Å². The Morgan fingerprint density at radius 1 is 1.22 bits per heavy atom. The maximum Gasteiger partial charge on any atom is 0.153 e. The molecule has 7 heteroatoms. The van der Waals surface area contributed by atoms with Crippen LogP contribution in [0.15, 0.2) is 30.5 Å². The highest BCUT2D eigenvalue weighted by molar-refractivity contribution is 5.91. The van der Waals surface area contributed by atoms with E-state index in [1.165, 1.54) is 0 Å². The molecule has 4 rings (SSSR count). The van der Waals surface area contributed by atoms with E-state index in [2.05, 4.69) is 31.9 Å². The van der Waals surface area contributed by atoms with Crippen LogP contribution in [0.25, 0.3) is 10.9 Å². The van der Waals surface area contributed by atoms with Gasteiger partial charge in [0.15, 0.2) is 5.82 Å². The number of anilines is 3. The molecule has 3 N–H and O–H groups in total. The normalized spacial score (nSPS) is 19.6. The lowest BCUT2D eigenvalue weighted by molar-refractivity contribution is 0.342. The minimum absolute atomic E-state index is 0.374. The number of hydrogen-bond acceptors (Lipinski definition) is 6. The molecule has 3 aromatic rings. The van der Waals surface area contributed by atoms with Crippen LogP contribution in [0.2, 0.25) is 0 Å². The highest BCUT2D eigenvalue weighted by atomic mass is 15.2. The van der Waals surface area contributed by atoms with E-state index in [-0.39, 0.29) is 0 Å². The van der Waals surface area contributed by atoms with Crippen molar-refractivity contribution in [3.63, 3.8) is 0 Å². The second-order valence-corrected chi connectivity index (χ2v) is 7.21. The van der Waals surface area contributed by atoms with Crippen molar-refractivity contribution in [2.45, 2.75) is 45.1 Å². The topological polar surface area (TPSA) is 102 Å². The van der Waals surface area contributed by atoms with Gasteiger partial charge in [-0.15, -0.1) is 0 Å². The van der Waals surface area contributed by atoms with Crippen molar-refractivity contribution in [2.24, 2.45) is 5.92 Å². The van der Waals surface area contributed by atoms with Gasteiger partial charge in [0.1, 0.15) is 11.6 Å². The zero-order valence-electron chi connectivity index (χ0n) is 15.4. The van der Waals surface area contributed by atoms with Gasteiger partial charge in [0.2, 0.25) is 0 Å². The molecule has 1 saturated carbocycles. The smallest absolute Gasteiger partial charge is 0.153 e. The summed E-state index contributed by atoms with van der Waals surface area (Å²) >= 11 is 0. The lowest BCUT2D eigenvalue weighted by Gasteiger charge is -2.28. The van der Waals surface area contributed by atoms with E-state index in [4.69, 9.17) is 10.2 Å². The van der Waals surface area contributed by atoms with Gasteiger partial charge in [-0.3, -0.25) is 10.1 Å². The number of fused-ring (bicyclic) bond motifs is 1. The molecule has 27 heavy (non-hydrogen) atoms. The van der Waals surface area contributed by atoms with E-state index in [1.807, 2.05) is 31.2 Å². The molecule has 1 aliphatic rings. The first-order chi connectivity index (χ1) is 13.2. The summed E-state index contributed by atoms with van der Waals surface area (Å²) in [6.07, 6.45) is 6.76. The lowest BCUT2D eigenvalue weighted by Crippen LogP contribution is -2.26. The third-order valence-corrected chi connectivity index (χ3v) is 5.13. The number of nitrogens with one attached hydrogen (secondary N) is 3. The lowest BCUT2D eigenvalue weighted by atomic mass is 9.84. The minimum atomic E-state index is 0.374. The quantitative estimate of drug-likeness (QED) is 0.626. The van der Waals surface area contributed by atoms with Crippen LogP contribution < -0.4 is 10.6 Å². The summed E-state index contributed by atoms with van der Waals surface area (Å²) in [5, 5.41) is 23.9. The first kappa shape index (κ1) is 17.3. The number of aromatic amines is 1. The Bertz CT molecular complexity index is 964. The van der Waals surface area contributed by atoms with Gasteiger partial charge in [-0.1, -0.05) is 0 Å². The molecule has 0 unspecified atom stereocenters. The van der Waals surface area contributed by atoms with Crippen LogP contribution >= 0.6 is 0 Å². The summed E-state index contributed by atoms with van der Waals surface area (Å²) in [6.45, 7) is 1.96. The Morgan fingerprint density at radius 2 is 2.07 bits per heavy atom. The van der Waals surface area contributed by atoms with Crippen molar-refractivity contribution >= 4 is 28.4 Å². The fourth-order valence-corrected chi connectivity index (χ4v) is 3.70. The zero-order valence-corrected chi connectivity index (χ0v) is 15.4. The van der Waals surface area contributed by atoms with Gasteiger partial charge in [0, 0.05) is 41.9 Å². The van der Waals surface area contributed by atoms with E-state index in [1.54, 1.807) is 6.20 Å². The summed E-state index contributed by atoms with van der Waals surface area (Å²) in [5.74, 6) is 2.83. The number of aromatic nitrogens is 4. The summed E-state index contributed by atoms with van der Waals surface area (Å²) < 4.78 is 0. The Kier molecular flexibility index (Phi) is 4.88. The van der Waals surface area contributed by atoms with Crippen molar-refractivity contribution in [1.82, 2.24) is 20.2 Å². The van der Waals surface area contributed by atoms with Crippen molar-refractivity contribution in [2.75, 3.05) is 10.6 Å². The minimum Gasteiger partial charge on any atom is -0.367 e. The average Bonchev–Trinajstić information content (AvgIpc) is 3.08. The molecule has 7 nitrogen and oxygen atoms in total. The van der Waals surface area contributed by atoms with Crippen LogP contribution in [0, 0.1) is 24.2 Å². The van der Waals surface area contributed by atoms with Crippen molar-refractivity contribution in [3.8, 4) is 6.07 Å². The van der Waals surface area contributed by atoms with Crippen molar-refractivity contribution < 1.29 is 0 Å². The molecule has 0 amide bonds. The number of nitriles is 1. The molecule has 3 aromatic heterocycles. The molecule has 0 radical (unpaired) electrons. The van der Waals surface area contributed by atoms with Gasteiger partial charge >= 0.3 is 0 Å². The number of nitrogens with zero attached hydrogens (tertiary/aromatic N) is 4. The number of H-pyrrole nitrogens is 1. The number of hydrogen-bond donors (Lipinski definition) is 3. The highest BCUT2D eigenvalue weighted by Crippen LogP contribution is 2.31. The summed E-state index contributed by atoms with van der Waals surface area (Å²) in [7, 11) is 0. The first-order valence-electron chi connectivity index (χ1n) is 9.39. The number of pyridine rings is 2. The molecule has 0 spiro atoms. The molecule has 0 saturated heterocycles. The maximum atomic E-state index is 8.89. The summed E-state index contributed by atoms with van der Waals surface area (Å²) in [4.78, 5) is 9.28. The van der Waals surface area contributed by atoms with Crippen LogP contribution in [0.1, 0.15) is 37.8 Å². The van der Waals surface area contributed by atoms with Crippen LogP contribution in [-0.2, 0) is 0 Å². The predicted molar refractivity (Wildman–Crippen MR) is 106 cm³/mol. The van der Waals surface area contributed by atoms with Gasteiger partial charge in [-0.2, -0.15) is 10.4 Å². The second-order valence-electron chi connectivity index (χ2n) is 7.21. The van der Waals surface area contributed by atoms with Gasteiger partial charge in [-0.25, -0.2) is 4.98 Å². The Morgan fingerprint density at radius 3 is 2.81 bits per heavy atom. The van der Waals surface area contributed by atoms with Gasteiger partial charge in [0.25, 0.3) is 0 Å². The molecule has 0 aliphatic heterocycles. The van der Waals surface area contributed by atoms with E-state index in [9.17, 15) is 0 Å². The molecule has 0 atom stereocenters. The van der Waals surface area contributed by atoms with E-state index in [0.29, 0.717) is 24.2 Å². The van der Waals surface area contributed by atoms with Crippen LogP contribution in [0.4, 0.5) is 17.5 Å². The Labute approximate surface area is 158 Å².